The molecule has 3 aromatic carbocycles. The third-order valence-electron chi connectivity index (χ3n) is 6.06. The van der Waals surface area contributed by atoms with Crippen molar-refractivity contribution >= 4 is 5.57 Å². The third-order valence-corrected chi connectivity index (χ3v) is 6.06. The van der Waals surface area contributed by atoms with E-state index in [-0.39, 0.29) is 5.82 Å². The molecular weight excluding hydrogens is 381 g/mol. The van der Waals surface area contributed by atoms with E-state index in [0.29, 0.717) is 34.6 Å². The van der Waals surface area contributed by atoms with Crippen LogP contribution in [0.1, 0.15) is 42.4 Å². The van der Waals surface area contributed by atoms with Crippen molar-refractivity contribution in [2.24, 2.45) is 5.92 Å². The number of rotatable bonds is 5. The molecule has 1 aliphatic carbocycles. The predicted molar refractivity (Wildman–Crippen MR) is 117 cm³/mol. The monoisotopic (exact) mass is 406 g/mol. The molecule has 1 unspecified atom stereocenters. The van der Waals surface area contributed by atoms with E-state index in [1.165, 1.54) is 0 Å². The Bertz CT molecular complexity index is 1070. The number of aryl methyl sites for hydroxylation is 2. The molecule has 0 heterocycles. The molecule has 0 aliphatic heterocycles. The fourth-order valence-corrected chi connectivity index (χ4v) is 4.26. The number of hydrogen-bond donors (Lipinski definition) is 0. The zero-order valence-corrected chi connectivity index (χ0v) is 17.1. The lowest BCUT2D eigenvalue weighted by atomic mass is 9.83. The van der Waals surface area contributed by atoms with Gasteiger partial charge in [0.25, 0.3) is 0 Å². The molecule has 1 aliphatic rings. The van der Waals surface area contributed by atoms with Gasteiger partial charge in [-0.2, -0.15) is 0 Å². The van der Waals surface area contributed by atoms with E-state index in [1.807, 2.05) is 37.3 Å². The Morgan fingerprint density at radius 1 is 0.867 bits per heavy atom. The molecule has 0 saturated heterocycles. The van der Waals surface area contributed by atoms with Crippen LogP contribution in [0.3, 0.4) is 0 Å². The fraction of sp³-hybridized carbons (Fsp3) is 0.259. The van der Waals surface area contributed by atoms with Crippen molar-refractivity contribution in [2.75, 3.05) is 0 Å². The van der Waals surface area contributed by atoms with Crippen molar-refractivity contribution < 1.29 is 13.2 Å². The first-order chi connectivity index (χ1) is 14.5. The number of benzene rings is 3. The third kappa shape index (κ3) is 4.35. The van der Waals surface area contributed by atoms with Crippen LogP contribution in [0.2, 0.25) is 0 Å². The number of hydrogen-bond acceptors (Lipinski definition) is 0. The van der Waals surface area contributed by atoms with Crippen LogP contribution in [-0.2, 0) is 6.42 Å². The molecular formula is C27H25F3. The van der Waals surface area contributed by atoms with E-state index in [1.54, 1.807) is 30.3 Å². The van der Waals surface area contributed by atoms with Gasteiger partial charge in [-0.1, -0.05) is 60.7 Å². The molecule has 4 rings (SSSR count). The highest BCUT2D eigenvalue weighted by Crippen LogP contribution is 2.34. The molecule has 0 radical (unpaired) electrons. The van der Waals surface area contributed by atoms with E-state index in [9.17, 15) is 13.2 Å². The van der Waals surface area contributed by atoms with E-state index in [2.05, 4.69) is 6.08 Å². The predicted octanol–water partition coefficient (Wildman–Crippen LogP) is 7.90. The summed E-state index contributed by atoms with van der Waals surface area (Å²) in [4.78, 5) is 0. The van der Waals surface area contributed by atoms with Crippen molar-refractivity contribution in [3.63, 3.8) is 0 Å². The molecule has 3 aromatic rings. The Morgan fingerprint density at radius 3 is 2.33 bits per heavy atom. The number of allylic oxidation sites excluding steroid dienone is 2. The van der Waals surface area contributed by atoms with Crippen LogP contribution in [0.5, 0.6) is 0 Å². The van der Waals surface area contributed by atoms with Crippen molar-refractivity contribution in [1.82, 2.24) is 0 Å². The highest BCUT2D eigenvalue weighted by molar-refractivity contribution is 5.67. The molecule has 0 amide bonds. The lowest BCUT2D eigenvalue weighted by Gasteiger charge is -2.22. The molecule has 30 heavy (non-hydrogen) atoms. The summed E-state index contributed by atoms with van der Waals surface area (Å²) in [5, 5.41) is 0. The van der Waals surface area contributed by atoms with Crippen LogP contribution < -0.4 is 0 Å². The van der Waals surface area contributed by atoms with Gasteiger partial charge in [0.15, 0.2) is 11.6 Å². The van der Waals surface area contributed by atoms with Gasteiger partial charge in [-0.25, -0.2) is 13.2 Å². The maximum atomic E-state index is 14.6. The van der Waals surface area contributed by atoms with Crippen molar-refractivity contribution in [3.05, 3.63) is 101 Å². The normalized spacial score (nSPS) is 16.4. The lowest BCUT2D eigenvalue weighted by molar-refractivity contribution is 0.439. The zero-order chi connectivity index (χ0) is 21.1. The Hall–Kier alpha value is -2.81. The Morgan fingerprint density at radius 2 is 1.63 bits per heavy atom. The van der Waals surface area contributed by atoms with Gasteiger partial charge in [-0.05, 0) is 73.3 Å². The summed E-state index contributed by atoms with van der Waals surface area (Å²) in [5.74, 6) is -1.29. The second kappa shape index (κ2) is 8.91. The van der Waals surface area contributed by atoms with Gasteiger partial charge in [-0.15, -0.1) is 0 Å². The van der Waals surface area contributed by atoms with Gasteiger partial charge >= 0.3 is 0 Å². The van der Waals surface area contributed by atoms with Crippen LogP contribution in [0.4, 0.5) is 13.2 Å². The Labute approximate surface area is 176 Å². The molecule has 0 bridgehead atoms. The lowest BCUT2D eigenvalue weighted by Crippen LogP contribution is -2.08. The summed E-state index contributed by atoms with van der Waals surface area (Å²) in [5.41, 5.74) is 4.04. The quantitative estimate of drug-likeness (QED) is 0.404. The molecule has 0 spiro atoms. The van der Waals surface area contributed by atoms with E-state index in [0.717, 1.165) is 36.8 Å². The van der Waals surface area contributed by atoms with E-state index in [4.69, 9.17) is 0 Å². The molecule has 0 aromatic heterocycles. The highest BCUT2D eigenvalue weighted by atomic mass is 19.2. The summed E-state index contributed by atoms with van der Waals surface area (Å²) >= 11 is 0. The highest BCUT2D eigenvalue weighted by Gasteiger charge is 2.19. The van der Waals surface area contributed by atoms with Crippen LogP contribution in [0, 0.1) is 30.3 Å². The summed E-state index contributed by atoms with van der Waals surface area (Å²) in [7, 11) is 0. The van der Waals surface area contributed by atoms with Crippen molar-refractivity contribution in [1.29, 1.82) is 0 Å². The topological polar surface area (TPSA) is 0 Å². The first-order valence-corrected chi connectivity index (χ1v) is 10.5. The average Bonchev–Trinajstić information content (AvgIpc) is 2.76. The maximum absolute atomic E-state index is 14.6. The summed E-state index contributed by atoms with van der Waals surface area (Å²) in [6.07, 6.45) is 6.00. The average molecular weight is 406 g/mol. The standard InChI is InChI=1S/C27H25F3/c1-18-7-15-23(25(28)17-18)21-11-8-19(9-12-21)10-13-22-14-16-24(27(30)26(22)29)20-5-3-2-4-6-20/h2-7,11,14-17,19H,8-10,12-13H2,1H3. The van der Waals surface area contributed by atoms with Crippen LogP contribution in [0.15, 0.2) is 66.7 Å². The minimum atomic E-state index is -0.778. The molecule has 154 valence electrons. The van der Waals surface area contributed by atoms with Gasteiger partial charge in [-0.3, -0.25) is 0 Å². The van der Waals surface area contributed by atoms with Gasteiger partial charge < -0.3 is 0 Å². The minimum Gasteiger partial charge on any atom is -0.206 e. The molecule has 0 saturated carbocycles. The molecule has 0 N–H and O–H groups in total. The van der Waals surface area contributed by atoms with Gasteiger partial charge in [0.2, 0.25) is 0 Å². The fourth-order valence-electron chi connectivity index (χ4n) is 4.26. The van der Waals surface area contributed by atoms with E-state index < -0.39 is 11.6 Å². The minimum absolute atomic E-state index is 0.171. The maximum Gasteiger partial charge on any atom is 0.166 e. The summed E-state index contributed by atoms with van der Waals surface area (Å²) in [6, 6.07) is 17.8. The number of halogens is 3. The Kier molecular flexibility index (Phi) is 6.08. The molecule has 0 nitrogen and oxygen atoms in total. The summed E-state index contributed by atoms with van der Waals surface area (Å²) in [6.45, 7) is 1.88. The van der Waals surface area contributed by atoms with Crippen LogP contribution >= 0.6 is 0 Å². The largest absolute Gasteiger partial charge is 0.206 e. The molecule has 1 atom stereocenters. The molecule has 3 heteroatoms. The smallest absolute Gasteiger partial charge is 0.166 e. The van der Waals surface area contributed by atoms with Crippen LogP contribution in [-0.4, -0.2) is 0 Å². The van der Waals surface area contributed by atoms with Crippen molar-refractivity contribution in [3.8, 4) is 11.1 Å². The first-order valence-electron chi connectivity index (χ1n) is 10.5. The first kappa shape index (κ1) is 20.5. The van der Waals surface area contributed by atoms with Crippen molar-refractivity contribution in [2.45, 2.75) is 39.0 Å². The van der Waals surface area contributed by atoms with Gasteiger partial charge in [0.1, 0.15) is 5.82 Å². The Balaban J connectivity index is 1.41. The SMILES string of the molecule is Cc1ccc(C2=CCC(CCc3ccc(-c4ccccc4)c(F)c3F)CC2)c(F)c1. The van der Waals surface area contributed by atoms with Gasteiger partial charge in [0, 0.05) is 11.1 Å². The second-order valence-electron chi connectivity index (χ2n) is 8.16. The van der Waals surface area contributed by atoms with E-state index >= 15 is 0 Å². The second-order valence-corrected chi connectivity index (χ2v) is 8.16. The zero-order valence-electron chi connectivity index (χ0n) is 17.1. The molecule has 0 fully saturated rings. The summed E-state index contributed by atoms with van der Waals surface area (Å²) < 4.78 is 43.5. The van der Waals surface area contributed by atoms with Crippen LogP contribution in [0.25, 0.3) is 16.7 Å². The van der Waals surface area contributed by atoms with Gasteiger partial charge in [0.05, 0.1) is 0 Å².